The van der Waals surface area contributed by atoms with Crippen LogP contribution in [0.2, 0.25) is 0 Å². The molecule has 2 heterocycles. The highest BCUT2D eigenvalue weighted by atomic mass is 32.1. The Morgan fingerprint density at radius 1 is 1.32 bits per heavy atom. The zero-order valence-corrected chi connectivity index (χ0v) is 19.1. The monoisotopic (exact) mass is 444 g/mol. The molecule has 1 fully saturated rings. The number of fused-ring (bicyclic) bond motifs is 1. The zero-order valence-electron chi connectivity index (χ0n) is 18.3. The molecule has 0 spiro atoms. The highest BCUT2D eigenvalue weighted by molar-refractivity contribution is 7.10. The third-order valence-electron chi connectivity index (χ3n) is 5.96. The lowest BCUT2D eigenvalue weighted by Crippen LogP contribution is -2.48. The summed E-state index contributed by atoms with van der Waals surface area (Å²) in [6, 6.07) is 9.58. The smallest absolute Gasteiger partial charge is 0.237 e. The van der Waals surface area contributed by atoms with Crippen LogP contribution in [0.15, 0.2) is 35.7 Å². The van der Waals surface area contributed by atoms with Crippen LogP contribution in [-0.4, -0.2) is 66.8 Å². The van der Waals surface area contributed by atoms with Crippen molar-refractivity contribution in [3.8, 4) is 11.5 Å². The summed E-state index contributed by atoms with van der Waals surface area (Å²) in [6.45, 7) is 4.65. The van der Waals surface area contributed by atoms with Crippen molar-refractivity contribution in [1.29, 1.82) is 0 Å². The predicted octanol–water partition coefficient (Wildman–Crippen LogP) is 3.35. The Morgan fingerprint density at radius 3 is 2.87 bits per heavy atom. The number of hydrogen-bond acceptors (Lipinski definition) is 6. The molecular weight excluding hydrogens is 412 g/mol. The Kier molecular flexibility index (Phi) is 7.15. The van der Waals surface area contributed by atoms with Crippen LogP contribution in [0.25, 0.3) is 0 Å². The van der Waals surface area contributed by atoms with Crippen LogP contribution in [-0.2, 0) is 11.2 Å². The summed E-state index contributed by atoms with van der Waals surface area (Å²) in [7, 11) is 1.64. The van der Waals surface area contributed by atoms with Crippen molar-refractivity contribution in [1.82, 2.24) is 9.80 Å². The maximum absolute atomic E-state index is 13.4. The number of aliphatic hydroxyl groups is 1. The van der Waals surface area contributed by atoms with Crippen molar-refractivity contribution in [3.63, 3.8) is 0 Å². The van der Waals surface area contributed by atoms with Crippen LogP contribution in [0.5, 0.6) is 11.5 Å². The molecule has 1 aliphatic heterocycles. The van der Waals surface area contributed by atoms with Crippen LogP contribution >= 0.6 is 11.3 Å². The first-order valence-corrected chi connectivity index (χ1v) is 11.9. The van der Waals surface area contributed by atoms with Gasteiger partial charge in [-0.1, -0.05) is 6.07 Å². The number of carbonyl (C=O) groups is 1. The molecule has 2 aliphatic rings. The van der Waals surface area contributed by atoms with Gasteiger partial charge in [0.15, 0.2) is 0 Å². The zero-order chi connectivity index (χ0) is 21.8. The predicted molar refractivity (Wildman–Crippen MR) is 122 cm³/mol. The summed E-state index contributed by atoms with van der Waals surface area (Å²) >= 11 is 1.75. The SMILES string of the molecule is COc1cccc(OCC2c3ccsc3CCN2C(=O)CN(CC(C)O)CC2CC2)c1. The first kappa shape index (κ1) is 22.1. The van der Waals surface area contributed by atoms with Gasteiger partial charge >= 0.3 is 0 Å². The molecule has 2 atom stereocenters. The Balaban J connectivity index is 1.47. The van der Waals surface area contributed by atoms with Gasteiger partial charge in [0.1, 0.15) is 18.1 Å². The van der Waals surface area contributed by atoms with E-state index in [0.717, 1.165) is 24.5 Å². The van der Waals surface area contributed by atoms with E-state index < -0.39 is 6.10 Å². The summed E-state index contributed by atoms with van der Waals surface area (Å²) in [5.41, 5.74) is 1.19. The first-order chi connectivity index (χ1) is 15.0. The van der Waals surface area contributed by atoms with Crippen molar-refractivity contribution >= 4 is 17.2 Å². The van der Waals surface area contributed by atoms with Gasteiger partial charge in [0, 0.05) is 30.6 Å². The third-order valence-corrected chi connectivity index (χ3v) is 6.96. The molecule has 2 aromatic rings. The van der Waals surface area contributed by atoms with Crippen molar-refractivity contribution < 1.29 is 19.4 Å². The summed E-state index contributed by atoms with van der Waals surface area (Å²) in [4.78, 5) is 18.8. The van der Waals surface area contributed by atoms with Gasteiger partial charge in [-0.3, -0.25) is 9.69 Å². The lowest BCUT2D eigenvalue weighted by atomic mass is 10.0. The molecule has 6 nitrogen and oxygen atoms in total. The minimum atomic E-state index is -0.441. The standard InChI is InChI=1S/C24H32N2O4S/c1-17(27)13-25(14-18-6-7-18)15-24(28)26-10-8-23-21(9-11-31-23)22(26)16-30-20-5-3-4-19(12-20)29-2/h3-5,9,11-12,17-18,22,27H,6-8,10,13-16H2,1-2H3. The summed E-state index contributed by atoms with van der Waals surface area (Å²) in [5, 5.41) is 12.0. The van der Waals surface area contributed by atoms with E-state index in [1.807, 2.05) is 29.2 Å². The maximum Gasteiger partial charge on any atom is 0.237 e. The lowest BCUT2D eigenvalue weighted by molar-refractivity contribution is -0.136. The molecular formula is C24H32N2O4S. The first-order valence-electron chi connectivity index (χ1n) is 11.1. The molecule has 1 amide bonds. The van der Waals surface area contributed by atoms with Gasteiger partial charge in [0.2, 0.25) is 5.91 Å². The van der Waals surface area contributed by atoms with E-state index in [1.54, 1.807) is 25.4 Å². The highest BCUT2D eigenvalue weighted by Gasteiger charge is 2.34. The second-order valence-electron chi connectivity index (χ2n) is 8.63. The Bertz CT molecular complexity index is 876. The van der Waals surface area contributed by atoms with E-state index in [0.29, 0.717) is 32.2 Å². The van der Waals surface area contributed by atoms with Gasteiger partial charge < -0.3 is 19.5 Å². The van der Waals surface area contributed by atoms with Gasteiger partial charge in [-0.25, -0.2) is 0 Å². The van der Waals surface area contributed by atoms with E-state index in [4.69, 9.17) is 9.47 Å². The minimum Gasteiger partial charge on any atom is -0.497 e. The van der Waals surface area contributed by atoms with Crippen molar-refractivity contribution in [2.75, 3.05) is 39.9 Å². The number of thiophene rings is 1. The number of ether oxygens (including phenoxy) is 2. The lowest BCUT2D eigenvalue weighted by Gasteiger charge is -2.37. The fraction of sp³-hybridized carbons (Fsp3) is 0.542. The van der Waals surface area contributed by atoms with Crippen molar-refractivity contribution in [2.45, 2.75) is 38.3 Å². The van der Waals surface area contributed by atoms with Crippen LogP contribution in [0, 0.1) is 5.92 Å². The number of carbonyl (C=O) groups excluding carboxylic acids is 1. The van der Waals surface area contributed by atoms with Crippen LogP contribution in [0.3, 0.4) is 0 Å². The van der Waals surface area contributed by atoms with Crippen molar-refractivity contribution in [3.05, 3.63) is 46.2 Å². The molecule has 1 aliphatic carbocycles. The average Bonchev–Trinajstić information content (AvgIpc) is 3.43. The van der Waals surface area contributed by atoms with E-state index >= 15 is 0 Å². The molecule has 31 heavy (non-hydrogen) atoms. The quantitative estimate of drug-likeness (QED) is 0.609. The molecule has 0 radical (unpaired) electrons. The minimum absolute atomic E-state index is 0.108. The molecule has 7 heteroatoms. The molecule has 1 aromatic heterocycles. The van der Waals surface area contributed by atoms with E-state index in [-0.39, 0.29) is 11.9 Å². The van der Waals surface area contributed by atoms with E-state index in [2.05, 4.69) is 16.3 Å². The molecule has 2 unspecified atom stereocenters. The Labute approximate surface area is 188 Å². The number of benzene rings is 1. The number of amides is 1. The fourth-order valence-corrected chi connectivity index (χ4v) is 5.19. The summed E-state index contributed by atoms with van der Waals surface area (Å²) in [5.74, 6) is 2.26. The third kappa shape index (κ3) is 5.79. The highest BCUT2D eigenvalue weighted by Crippen LogP contribution is 2.35. The molecule has 0 saturated heterocycles. The van der Waals surface area contributed by atoms with Crippen LogP contribution in [0.4, 0.5) is 0 Å². The molecule has 1 saturated carbocycles. The number of methoxy groups -OCH3 is 1. The van der Waals surface area contributed by atoms with E-state index in [1.165, 1.54) is 23.3 Å². The van der Waals surface area contributed by atoms with Gasteiger partial charge in [0.25, 0.3) is 0 Å². The number of rotatable bonds is 10. The topological polar surface area (TPSA) is 62.2 Å². The molecule has 168 valence electrons. The second-order valence-corrected chi connectivity index (χ2v) is 9.63. The van der Waals surface area contributed by atoms with Crippen LogP contribution < -0.4 is 9.47 Å². The van der Waals surface area contributed by atoms with Gasteiger partial charge in [-0.2, -0.15) is 0 Å². The fourth-order valence-electron chi connectivity index (χ4n) is 4.27. The largest absolute Gasteiger partial charge is 0.497 e. The Morgan fingerprint density at radius 2 is 2.13 bits per heavy atom. The molecule has 1 aromatic carbocycles. The van der Waals surface area contributed by atoms with Gasteiger partial charge in [0.05, 0.1) is 25.8 Å². The molecule has 1 N–H and O–H groups in total. The number of hydrogen-bond donors (Lipinski definition) is 1. The maximum atomic E-state index is 13.4. The van der Waals surface area contributed by atoms with Crippen molar-refractivity contribution in [2.24, 2.45) is 5.92 Å². The van der Waals surface area contributed by atoms with Gasteiger partial charge in [-0.15, -0.1) is 11.3 Å². The molecule has 4 rings (SSSR count). The summed E-state index contributed by atoms with van der Waals surface area (Å²) < 4.78 is 11.4. The number of nitrogens with zero attached hydrogens (tertiary/aromatic N) is 2. The normalized spacial score (nSPS) is 19.2. The number of aliphatic hydroxyl groups excluding tert-OH is 1. The Hall–Kier alpha value is -2.09. The second kappa shape index (κ2) is 10.0. The molecule has 0 bridgehead atoms. The summed E-state index contributed by atoms with van der Waals surface area (Å²) in [6.07, 6.45) is 2.89. The van der Waals surface area contributed by atoms with E-state index in [9.17, 15) is 9.90 Å². The van der Waals surface area contributed by atoms with Gasteiger partial charge in [-0.05, 0) is 61.2 Å². The average molecular weight is 445 g/mol. The van der Waals surface area contributed by atoms with Crippen LogP contribution in [0.1, 0.15) is 36.2 Å².